The van der Waals surface area contributed by atoms with E-state index in [0.29, 0.717) is 23.2 Å². The van der Waals surface area contributed by atoms with Gasteiger partial charge in [0.1, 0.15) is 0 Å². The van der Waals surface area contributed by atoms with Gasteiger partial charge in [0.25, 0.3) is 0 Å². The van der Waals surface area contributed by atoms with Gasteiger partial charge in [-0.3, -0.25) is 4.79 Å². The number of carbonyl (C=O) groups is 2. The highest BCUT2D eigenvalue weighted by Gasteiger charge is 2.08. The zero-order valence-electron chi connectivity index (χ0n) is 13.3. The predicted molar refractivity (Wildman–Crippen MR) is 90.3 cm³/mol. The van der Waals surface area contributed by atoms with E-state index in [1.807, 2.05) is 6.92 Å². The second-order valence-electron chi connectivity index (χ2n) is 5.61. The molecule has 0 fully saturated rings. The first-order chi connectivity index (χ1) is 10.4. The van der Waals surface area contributed by atoms with E-state index in [0.717, 1.165) is 18.4 Å². The van der Waals surface area contributed by atoms with Crippen molar-refractivity contribution >= 4 is 29.2 Å². The van der Waals surface area contributed by atoms with Crippen LogP contribution in [0.3, 0.4) is 0 Å². The van der Waals surface area contributed by atoms with Gasteiger partial charge in [0, 0.05) is 17.3 Å². The number of benzene rings is 1. The van der Waals surface area contributed by atoms with Gasteiger partial charge in [0.2, 0.25) is 5.91 Å². The zero-order chi connectivity index (χ0) is 16.5. The molecule has 0 unspecified atom stereocenters. The molecule has 1 aromatic rings. The molecule has 122 valence electrons. The molecule has 0 heterocycles. The zero-order valence-corrected chi connectivity index (χ0v) is 14.1. The summed E-state index contributed by atoms with van der Waals surface area (Å²) >= 11 is 5.99. The van der Waals surface area contributed by atoms with E-state index in [1.54, 1.807) is 18.2 Å². The van der Waals surface area contributed by atoms with Crippen LogP contribution >= 0.6 is 11.6 Å². The van der Waals surface area contributed by atoms with Crippen LogP contribution in [0.5, 0.6) is 0 Å². The van der Waals surface area contributed by atoms with Gasteiger partial charge in [0.15, 0.2) is 0 Å². The summed E-state index contributed by atoms with van der Waals surface area (Å²) in [5, 5.41) is 8.57. The summed E-state index contributed by atoms with van der Waals surface area (Å²) in [6.45, 7) is 6.64. The lowest BCUT2D eigenvalue weighted by atomic mass is 10.1. The van der Waals surface area contributed by atoms with Crippen LogP contribution in [0, 0.1) is 12.8 Å². The maximum atomic E-state index is 11.8. The predicted octanol–water partition coefficient (Wildman–Crippen LogP) is 3.32. The Kier molecular flexibility index (Phi) is 7.74. The molecule has 0 atom stereocenters. The summed E-state index contributed by atoms with van der Waals surface area (Å²) in [5.74, 6) is 0.333. The van der Waals surface area contributed by atoms with Gasteiger partial charge < -0.3 is 16.0 Å². The minimum atomic E-state index is -0.332. The van der Waals surface area contributed by atoms with Crippen molar-refractivity contribution in [3.8, 4) is 0 Å². The van der Waals surface area contributed by atoms with Crippen LogP contribution in [0.4, 0.5) is 10.5 Å². The number of halogens is 1. The monoisotopic (exact) mass is 325 g/mol. The molecule has 6 heteroatoms. The smallest absolute Gasteiger partial charge is 0.315 e. The van der Waals surface area contributed by atoms with Crippen LogP contribution in [0.15, 0.2) is 18.2 Å². The summed E-state index contributed by atoms with van der Waals surface area (Å²) in [6.07, 6.45) is 1.99. The van der Waals surface area contributed by atoms with Crippen LogP contribution in [-0.2, 0) is 4.79 Å². The lowest BCUT2D eigenvalue weighted by Crippen LogP contribution is -2.40. The number of carbonyl (C=O) groups excluding carboxylic acids is 2. The van der Waals surface area contributed by atoms with Crippen LogP contribution in [0.2, 0.25) is 5.02 Å². The first-order valence-electron chi connectivity index (χ1n) is 7.46. The summed E-state index contributed by atoms with van der Waals surface area (Å²) in [7, 11) is 0. The van der Waals surface area contributed by atoms with E-state index in [1.165, 1.54) is 0 Å². The Morgan fingerprint density at radius 3 is 2.64 bits per heavy atom. The fourth-order valence-corrected chi connectivity index (χ4v) is 2.05. The Labute approximate surface area is 136 Å². The molecule has 0 aliphatic carbocycles. The molecule has 5 nitrogen and oxygen atoms in total. The fraction of sp³-hybridized carbons (Fsp3) is 0.500. The maximum Gasteiger partial charge on any atom is 0.315 e. The Morgan fingerprint density at radius 2 is 1.95 bits per heavy atom. The van der Waals surface area contributed by atoms with Gasteiger partial charge in [-0.15, -0.1) is 0 Å². The SMILES string of the molecule is Cc1c(Cl)cccc1NC(=O)CNC(=O)NCCCC(C)C. The molecular formula is C16H24ClN3O2. The van der Waals surface area contributed by atoms with Crippen molar-refractivity contribution in [3.63, 3.8) is 0 Å². The lowest BCUT2D eigenvalue weighted by molar-refractivity contribution is -0.115. The highest BCUT2D eigenvalue weighted by Crippen LogP contribution is 2.22. The van der Waals surface area contributed by atoms with Crippen LogP contribution < -0.4 is 16.0 Å². The minimum absolute atomic E-state index is 0.0814. The highest BCUT2D eigenvalue weighted by molar-refractivity contribution is 6.31. The Morgan fingerprint density at radius 1 is 1.23 bits per heavy atom. The van der Waals surface area contributed by atoms with E-state index in [2.05, 4.69) is 29.8 Å². The quantitative estimate of drug-likeness (QED) is 0.673. The van der Waals surface area contributed by atoms with Crippen molar-refractivity contribution in [1.82, 2.24) is 10.6 Å². The fourth-order valence-electron chi connectivity index (χ4n) is 1.87. The number of hydrogen-bond acceptors (Lipinski definition) is 2. The summed E-state index contributed by atoms with van der Waals surface area (Å²) in [6, 6.07) is 4.96. The Balaban J connectivity index is 2.28. The molecule has 0 aliphatic rings. The average molecular weight is 326 g/mol. The molecule has 1 rings (SSSR count). The normalized spacial score (nSPS) is 10.4. The largest absolute Gasteiger partial charge is 0.338 e. The van der Waals surface area contributed by atoms with Crippen molar-refractivity contribution < 1.29 is 9.59 Å². The van der Waals surface area contributed by atoms with Crippen molar-refractivity contribution in [2.75, 3.05) is 18.4 Å². The molecule has 0 aliphatic heterocycles. The second kappa shape index (κ2) is 9.30. The van der Waals surface area contributed by atoms with E-state index < -0.39 is 0 Å². The maximum absolute atomic E-state index is 11.8. The summed E-state index contributed by atoms with van der Waals surface area (Å²) < 4.78 is 0. The van der Waals surface area contributed by atoms with E-state index in [-0.39, 0.29) is 18.5 Å². The van der Waals surface area contributed by atoms with E-state index in [9.17, 15) is 9.59 Å². The standard InChI is InChI=1S/C16H24ClN3O2/c1-11(2)6-5-9-18-16(22)19-10-15(21)20-14-8-4-7-13(17)12(14)3/h4,7-8,11H,5-6,9-10H2,1-3H3,(H,20,21)(H2,18,19,22). The lowest BCUT2D eigenvalue weighted by Gasteiger charge is -2.11. The molecule has 1 aromatic carbocycles. The van der Waals surface area contributed by atoms with Gasteiger partial charge in [-0.05, 0) is 43.4 Å². The number of amides is 3. The van der Waals surface area contributed by atoms with Crippen molar-refractivity contribution in [2.45, 2.75) is 33.6 Å². The summed E-state index contributed by atoms with van der Waals surface area (Å²) in [4.78, 5) is 23.3. The third-order valence-electron chi connectivity index (χ3n) is 3.20. The minimum Gasteiger partial charge on any atom is -0.338 e. The third-order valence-corrected chi connectivity index (χ3v) is 3.60. The molecule has 3 amide bonds. The van der Waals surface area contributed by atoms with Crippen molar-refractivity contribution in [1.29, 1.82) is 0 Å². The number of hydrogen-bond donors (Lipinski definition) is 3. The Bertz CT molecular complexity index is 518. The Hall–Kier alpha value is -1.75. The number of anilines is 1. The molecular weight excluding hydrogens is 302 g/mol. The van der Waals surface area contributed by atoms with Gasteiger partial charge in [0.05, 0.1) is 6.54 Å². The van der Waals surface area contributed by atoms with Gasteiger partial charge in [-0.25, -0.2) is 4.79 Å². The van der Waals surface area contributed by atoms with Crippen LogP contribution in [0.25, 0.3) is 0 Å². The molecule has 0 radical (unpaired) electrons. The third kappa shape index (κ3) is 6.80. The molecule has 3 N–H and O–H groups in total. The molecule has 0 bridgehead atoms. The average Bonchev–Trinajstić information content (AvgIpc) is 2.46. The van der Waals surface area contributed by atoms with Crippen molar-refractivity contribution in [2.24, 2.45) is 5.92 Å². The summed E-state index contributed by atoms with van der Waals surface area (Å²) in [5.41, 5.74) is 1.45. The van der Waals surface area contributed by atoms with Crippen LogP contribution in [-0.4, -0.2) is 25.0 Å². The highest BCUT2D eigenvalue weighted by atomic mass is 35.5. The molecule has 0 aromatic heterocycles. The van der Waals surface area contributed by atoms with E-state index in [4.69, 9.17) is 11.6 Å². The van der Waals surface area contributed by atoms with Gasteiger partial charge in [-0.2, -0.15) is 0 Å². The number of urea groups is 1. The van der Waals surface area contributed by atoms with Gasteiger partial charge >= 0.3 is 6.03 Å². The van der Waals surface area contributed by atoms with Crippen molar-refractivity contribution in [3.05, 3.63) is 28.8 Å². The second-order valence-corrected chi connectivity index (χ2v) is 6.01. The molecule has 0 spiro atoms. The van der Waals surface area contributed by atoms with Gasteiger partial charge in [-0.1, -0.05) is 31.5 Å². The number of nitrogens with one attached hydrogen (secondary N) is 3. The molecule has 22 heavy (non-hydrogen) atoms. The topological polar surface area (TPSA) is 70.2 Å². The molecule has 0 saturated carbocycles. The number of rotatable bonds is 7. The first kappa shape index (κ1) is 18.3. The first-order valence-corrected chi connectivity index (χ1v) is 7.84. The van der Waals surface area contributed by atoms with E-state index >= 15 is 0 Å². The molecule has 0 saturated heterocycles. The van der Waals surface area contributed by atoms with Crippen LogP contribution in [0.1, 0.15) is 32.3 Å².